The van der Waals surface area contributed by atoms with Crippen molar-refractivity contribution in [3.8, 4) is 5.69 Å². The zero-order chi connectivity index (χ0) is 22.3. The first-order valence-corrected chi connectivity index (χ1v) is 10.9. The Morgan fingerprint density at radius 2 is 1.87 bits per heavy atom. The third-order valence-corrected chi connectivity index (χ3v) is 5.28. The summed E-state index contributed by atoms with van der Waals surface area (Å²) in [7, 11) is 0. The number of para-hydroxylation sites is 1. The summed E-state index contributed by atoms with van der Waals surface area (Å²) in [6.07, 6.45) is 3.71. The van der Waals surface area contributed by atoms with Gasteiger partial charge in [0.05, 0.1) is 17.9 Å². The summed E-state index contributed by atoms with van der Waals surface area (Å²) in [6.45, 7) is 12.3. The molecule has 1 unspecified atom stereocenters. The Kier molecular flexibility index (Phi) is 8.21. The molecule has 0 saturated carbocycles. The lowest BCUT2D eigenvalue weighted by atomic mass is 9.92. The summed E-state index contributed by atoms with van der Waals surface area (Å²) < 4.78 is 1.77. The van der Waals surface area contributed by atoms with Crippen LogP contribution in [-0.4, -0.2) is 28.1 Å². The van der Waals surface area contributed by atoms with Crippen LogP contribution in [0.2, 0.25) is 0 Å². The number of hydrogen-bond donors (Lipinski definition) is 2. The molecule has 1 aromatic heterocycles. The van der Waals surface area contributed by atoms with Crippen LogP contribution in [0.15, 0.2) is 30.3 Å². The minimum Gasteiger partial charge on any atom is -0.347 e. The monoisotopic (exact) mass is 412 g/mol. The van der Waals surface area contributed by atoms with E-state index in [1.54, 1.807) is 4.68 Å². The number of aromatic nitrogens is 2. The van der Waals surface area contributed by atoms with E-state index in [0.717, 1.165) is 42.6 Å². The second-order valence-electron chi connectivity index (χ2n) is 8.88. The quantitative estimate of drug-likeness (QED) is 0.624. The van der Waals surface area contributed by atoms with Crippen molar-refractivity contribution in [1.29, 1.82) is 0 Å². The van der Waals surface area contributed by atoms with Gasteiger partial charge in [0.2, 0.25) is 11.8 Å². The van der Waals surface area contributed by atoms with E-state index in [9.17, 15) is 9.59 Å². The van der Waals surface area contributed by atoms with Crippen molar-refractivity contribution in [1.82, 2.24) is 15.1 Å². The molecule has 2 N–H and O–H groups in total. The van der Waals surface area contributed by atoms with Crippen LogP contribution in [0, 0.1) is 12.8 Å². The van der Waals surface area contributed by atoms with Crippen molar-refractivity contribution in [2.24, 2.45) is 5.92 Å². The molecule has 164 valence electrons. The normalized spacial score (nSPS) is 12.5. The third-order valence-electron chi connectivity index (χ3n) is 5.28. The lowest BCUT2D eigenvalue weighted by molar-refractivity contribution is -0.127. The lowest BCUT2D eigenvalue weighted by Crippen LogP contribution is -2.37. The third kappa shape index (κ3) is 6.18. The van der Waals surface area contributed by atoms with Crippen LogP contribution in [0.4, 0.5) is 5.82 Å². The summed E-state index contributed by atoms with van der Waals surface area (Å²) in [5, 5.41) is 10.5. The maximum atomic E-state index is 12.6. The van der Waals surface area contributed by atoms with Crippen molar-refractivity contribution < 1.29 is 9.59 Å². The van der Waals surface area contributed by atoms with Crippen LogP contribution < -0.4 is 10.6 Å². The van der Waals surface area contributed by atoms with E-state index in [1.165, 1.54) is 0 Å². The molecule has 0 radical (unpaired) electrons. The number of carbonyl (C=O) groups is 2. The van der Waals surface area contributed by atoms with Gasteiger partial charge in [-0.05, 0) is 31.4 Å². The summed E-state index contributed by atoms with van der Waals surface area (Å²) in [4.78, 5) is 25.0. The van der Waals surface area contributed by atoms with Gasteiger partial charge in [0.15, 0.2) is 0 Å². The fourth-order valence-electron chi connectivity index (χ4n) is 3.29. The summed E-state index contributed by atoms with van der Waals surface area (Å²) in [5.74, 6) is 0.252. The Labute approximate surface area is 180 Å². The lowest BCUT2D eigenvalue weighted by Gasteiger charge is -2.15. The minimum atomic E-state index is -0.260. The van der Waals surface area contributed by atoms with Crippen molar-refractivity contribution in [2.75, 3.05) is 11.9 Å². The zero-order valence-corrected chi connectivity index (χ0v) is 19.2. The van der Waals surface area contributed by atoms with Gasteiger partial charge >= 0.3 is 0 Å². The summed E-state index contributed by atoms with van der Waals surface area (Å²) in [5.41, 5.74) is 2.70. The number of aryl methyl sites for hydroxylation is 1. The molecule has 6 nitrogen and oxygen atoms in total. The van der Waals surface area contributed by atoms with E-state index in [4.69, 9.17) is 5.10 Å². The van der Waals surface area contributed by atoms with Crippen LogP contribution in [-0.2, 0) is 15.0 Å². The zero-order valence-electron chi connectivity index (χ0n) is 19.2. The second-order valence-corrected chi connectivity index (χ2v) is 8.88. The van der Waals surface area contributed by atoms with Crippen LogP contribution in [0.3, 0.4) is 0 Å². The number of amides is 2. The highest BCUT2D eigenvalue weighted by atomic mass is 16.2. The van der Waals surface area contributed by atoms with E-state index in [1.807, 2.05) is 44.2 Å². The predicted molar refractivity (Wildman–Crippen MR) is 122 cm³/mol. The van der Waals surface area contributed by atoms with Gasteiger partial charge in [-0.2, -0.15) is 5.10 Å². The van der Waals surface area contributed by atoms with Crippen LogP contribution in [0.5, 0.6) is 0 Å². The standard InChI is InChI=1S/C24H36N4O2/c1-7-9-13-18(8-2)23(30)25-16-22(29)26-21-15-20(24(4,5)6)27-28(21)19-14-11-10-12-17(19)3/h10-12,14-15,18H,7-9,13,16H2,1-6H3,(H,25,30)(H,26,29). The number of benzene rings is 1. The van der Waals surface area contributed by atoms with E-state index in [0.29, 0.717) is 5.82 Å². The Hall–Kier alpha value is -2.63. The molecule has 1 atom stereocenters. The Bertz CT molecular complexity index is 864. The molecule has 30 heavy (non-hydrogen) atoms. The van der Waals surface area contributed by atoms with Crippen molar-refractivity contribution in [2.45, 2.75) is 72.6 Å². The molecule has 0 aliphatic rings. The van der Waals surface area contributed by atoms with Crippen LogP contribution in [0.1, 0.15) is 71.6 Å². The van der Waals surface area contributed by atoms with Crippen LogP contribution >= 0.6 is 0 Å². The number of rotatable bonds is 9. The number of carbonyl (C=O) groups excluding carboxylic acids is 2. The topological polar surface area (TPSA) is 76.0 Å². The fourth-order valence-corrected chi connectivity index (χ4v) is 3.29. The number of nitrogens with zero attached hydrogens (tertiary/aromatic N) is 2. The van der Waals surface area contributed by atoms with Gasteiger partial charge in [0.1, 0.15) is 5.82 Å². The number of hydrogen-bond acceptors (Lipinski definition) is 3. The number of anilines is 1. The molecule has 6 heteroatoms. The van der Waals surface area contributed by atoms with Gasteiger partial charge in [-0.15, -0.1) is 0 Å². The van der Waals surface area contributed by atoms with Crippen molar-refractivity contribution in [3.05, 3.63) is 41.6 Å². The SMILES string of the molecule is CCCCC(CC)C(=O)NCC(=O)Nc1cc(C(C)(C)C)nn1-c1ccccc1C. The summed E-state index contributed by atoms with van der Waals surface area (Å²) in [6, 6.07) is 9.83. The predicted octanol–water partition coefficient (Wildman–Crippen LogP) is 4.75. The Morgan fingerprint density at radius 3 is 2.47 bits per heavy atom. The first-order valence-electron chi connectivity index (χ1n) is 10.9. The molecular weight excluding hydrogens is 376 g/mol. The van der Waals surface area contributed by atoms with Gasteiger partial charge in [-0.3, -0.25) is 9.59 Å². The van der Waals surface area contributed by atoms with E-state index < -0.39 is 0 Å². The molecule has 1 heterocycles. The molecule has 1 aromatic carbocycles. The Balaban J connectivity index is 2.15. The average Bonchev–Trinajstić information content (AvgIpc) is 3.11. The number of unbranched alkanes of at least 4 members (excludes halogenated alkanes) is 1. The molecule has 0 fully saturated rings. The Morgan fingerprint density at radius 1 is 1.17 bits per heavy atom. The maximum Gasteiger partial charge on any atom is 0.244 e. The minimum absolute atomic E-state index is 0.0391. The fraction of sp³-hybridized carbons (Fsp3) is 0.542. The molecule has 0 bridgehead atoms. The molecule has 0 spiro atoms. The van der Waals surface area contributed by atoms with Gasteiger partial charge in [-0.25, -0.2) is 4.68 Å². The molecule has 2 rings (SSSR count). The van der Waals surface area contributed by atoms with E-state index in [2.05, 4.69) is 38.3 Å². The molecule has 0 aliphatic heterocycles. The highest BCUT2D eigenvalue weighted by Gasteiger charge is 2.22. The van der Waals surface area contributed by atoms with Crippen molar-refractivity contribution >= 4 is 17.6 Å². The highest BCUT2D eigenvalue weighted by Crippen LogP contribution is 2.27. The van der Waals surface area contributed by atoms with E-state index in [-0.39, 0.29) is 29.7 Å². The first kappa shape index (κ1) is 23.6. The average molecular weight is 413 g/mol. The van der Waals surface area contributed by atoms with Gasteiger partial charge in [0.25, 0.3) is 0 Å². The molecule has 0 aliphatic carbocycles. The van der Waals surface area contributed by atoms with E-state index >= 15 is 0 Å². The van der Waals surface area contributed by atoms with Gasteiger partial charge < -0.3 is 10.6 Å². The van der Waals surface area contributed by atoms with Crippen LogP contribution in [0.25, 0.3) is 5.69 Å². The molecule has 2 aromatic rings. The molecule has 0 saturated heterocycles. The summed E-state index contributed by atoms with van der Waals surface area (Å²) >= 11 is 0. The molecular formula is C24H36N4O2. The highest BCUT2D eigenvalue weighted by molar-refractivity contribution is 5.94. The largest absolute Gasteiger partial charge is 0.347 e. The van der Waals surface area contributed by atoms with Gasteiger partial charge in [-0.1, -0.05) is 65.7 Å². The maximum absolute atomic E-state index is 12.6. The first-order chi connectivity index (χ1) is 14.2. The second kappa shape index (κ2) is 10.4. The number of nitrogens with one attached hydrogen (secondary N) is 2. The van der Waals surface area contributed by atoms with Gasteiger partial charge in [0, 0.05) is 17.4 Å². The molecule has 2 amide bonds. The smallest absolute Gasteiger partial charge is 0.244 e. The van der Waals surface area contributed by atoms with Crippen molar-refractivity contribution in [3.63, 3.8) is 0 Å².